The minimum Gasteiger partial charge on any atom is -0.268 e. The topological polar surface area (TPSA) is 102 Å². The molecule has 8 heteroatoms. The molecule has 1 heterocycles. The number of anilines is 1. The monoisotopic (exact) mass is 385 g/mol. The number of hydrogen-bond acceptors (Lipinski definition) is 6. The first kappa shape index (κ1) is 18.1. The Bertz CT molecular complexity index is 1280. The number of nitrogens with zero attached hydrogens (tertiary/aromatic N) is 4. The number of aromatic nitrogens is 2. The van der Waals surface area contributed by atoms with Crippen molar-refractivity contribution in [2.24, 2.45) is 5.10 Å². The Labute approximate surface area is 164 Å². The van der Waals surface area contributed by atoms with Crippen molar-refractivity contribution in [3.63, 3.8) is 0 Å². The number of nitro groups is 1. The van der Waals surface area contributed by atoms with Crippen LogP contribution in [0.15, 0.2) is 88.8 Å². The van der Waals surface area contributed by atoms with E-state index in [0.717, 1.165) is 0 Å². The first-order chi connectivity index (χ1) is 14.1. The van der Waals surface area contributed by atoms with Crippen molar-refractivity contribution < 1.29 is 4.92 Å². The van der Waals surface area contributed by atoms with E-state index in [9.17, 15) is 14.9 Å². The van der Waals surface area contributed by atoms with E-state index in [1.165, 1.54) is 16.8 Å². The molecule has 8 nitrogen and oxygen atoms in total. The zero-order valence-corrected chi connectivity index (χ0v) is 15.1. The van der Waals surface area contributed by atoms with Crippen molar-refractivity contribution in [1.29, 1.82) is 0 Å². The minimum atomic E-state index is -0.477. The molecule has 4 rings (SSSR count). The average molecular weight is 385 g/mol. The minimum absolute atomic E-state index is 0.0648. The summed E-state index contributed by atoms with van der Waals surface area (Å²) in [5, 5.41) is 15.7. The molecule has 0 spiro atoms. The van der Waals surface area contributed by atoms with Gasteiger partial charge in [-0.3, -0.25) is 14.9 Å². The fourth-order valence-electron chi connectivity index (χ4n) is 2.95. The molecule has 1 aromatic heterocycles. The van der Waals surface area contributed by atoms with Crippen molar-refractivity contribution >= 4 is 28.8 Å². The highest BCUT2D eigenvalue weighted by Crippen LogP contribution is 2.17. The number of para-hydroxylation sites is 3. The Morgan fingerprint density at radius 3 is 2.45 bits per heavy atom. The molecule has 29 heavy (non-hydrogen) atoms. The highest BCUT2D eigenvalue weighted by molar-refractivity contribution is 5.85. The van der Waals surface area contributed by atoms with Crippen LogP contribution in [-0.2, 0) is 0 Å². The lowest BCUT2D eigenvalue weighted by molar-refractivity contribution is -0.385. The Morgan fingerprint density at radius 1 is 0.966 bits per heavy atom. The van der Waals surface area contributed by atoms with Crippen molar-refractivity contribution in [3.8, 4) is 5.69 Å². The lowest BCUT2D eigenvalue weighted by atomic mass is 10.2. The van der Waals surface area contributed by atoms with Gasteiger partial charge in [-0.2, -0.15) is 5.10 Å². The lowest BCUT2D eigenvalue weighted by Crippen LogP contribution is -2.22. The molecule has 0 bridgehead atoms. The van der Waals surface area contributed by atoms with Crippen molar-refractivity contribution in [1.82, 2.24) is 9.55 Å². The number of nitro benzene ring substituents is 1. The maximum atomic E-state index is 13.1. The second-order valence-corrected chi connectivity index (χ2v) is 6.11. The van der Waals surface area contributed by atoms with Gasteiger partial charge >= 0.3 is 0 Å². The van der Waals surface area contributed by atoms with E-state index in [0.29, 0.717) is 22.2 Å². The van der Waals surface area contributed by atoms with Gasteiger partial charge in [-0.05, 0) is 30.3 Å². The zero-order valence-electron chi connectivity index (χ0n) is 15.1. The van der Waals surface area contributed by atoms with Crippen molar-refractivity contribution in [2.45, 2.75) is 0 Å². The van der Waals surface area contributed by atoms with E-state index in [4.69, 9.17) is 0 Å². The van der Waals surface area contributed by atoms with E-state index < -0.39 is 4.92 Å². The molecule has 0 fully saturated rings. The average Bonchev–Trinajstić information content (AvgIpc) is 2.75. The van der Waals surface area contributed by atoms with E-state index >= 15 is 0 Å². The molecule has 4 aromatic rings. The molecule has 3 aromatic carbocycles. The Morgan fingerprint density at radius 2 is 1.66 bits per heavy atom. The van der Waals surface area contributed by atoms with Gasteiger partial charge in [0.05, 0.1) is 33.3 Å². The summed E-state index contributed by atoms with van der Waals surface area (Å²) in [6, 6.07) is 22.3. The summed E-state index contributed by atoms with van der Waals surface area (Å²) in [7, 11) is 0. The van der Waals surface area contributed by atoms with Crippen LogP contribution in [0.2, 0.25) is 0 Å². The SMILES string of the molecule is O=c1c2ccccc2nc(N/N=C\c2ccccc2[N+](=O)[O-])n1-c1ccccc1. The van der Waals surface area contributed by atoms with E-state index in [2.05, 4.69) is 15.5 Å². The zero-order chi connectivity index (χ0) is 20.2. The summed E-state index contributed by atoms with van der Waals surface area (Å²) in [6.45, 7) is 0. The Kier molecular flexibility index (Phi) is 4.81. The van der Waals surface area contributed by atoms with Crippen LogP contribution in [0.4, 0.5) is 11.6 Å². The number of hydrogen-bond donors (Lipinski definition) is 1. The van der Waals surface area contributed by atoms with E-state index in [1.807, 2.05) is 18.2 Å². The molecule has 0 saturated carbocycles. The molecular formula is C21H15N5O3. The van der Waals surface area contributed by atoms with Crippen LogP contribution in [-0.4, -0.2) is 20.7 Å². The van der Waals surface area contributed by atoms with Gasteiger partial charge in [-0.15, -0.1) is 0 Å². The Balaban J connectivity index is 1.80. The normalized spacial score (nSPS) is 11.0. The smallest absolute Gasteiger partial charge is 0.268 e. The van der Waals surface area contributed by atoms with Gasteiger partial charge in [0.25, 0.3) is 11.2 Å². The van der Waals surface area contributed by atoms with Crippen LogP contribution < -0.4 is 11.0 Å². The molecule has 0 unspecified atom stereocenters. The summed E-state index contributed by atoms with van der Waals surface area (Å²) in [5.41, 5.74) is 3.93. The number of benzene rings is 3. The molecule has 0 amide bonds. The number of rotatable bonds is 5. The van der Waals surface area contributed by atoms with Gasteiger partial charge in [0.15, 0.2) is 0 Å². The number of hydrazone groups is 1. The van der Waals surface area contributed by atoms with Crippen molar-refractivity contribution in [2.75, 3.05) is 5.43 Å². The summed E-state index contributed by atoms with van der Waals surface area (Å²) in [6.07, 6.45) is 1.33. The van der Waals surface area contributed by atoms with Gasteiger partial charge < -0.3 is 0 Å². The van der Waals surface area contributed by atoms with Gasteiger partial charge in [-0.25, -0.2) is 15.0 Å². The molecule has 142 valence electrons. The third-order valence-corrected chi connectivity index (χ3v) is 4.29. The second-order valence-electron chi connectivity index (χ2n) is 6.11. The maximum absolute atomic E-state index is 13.1. The highest BCUT2D eigenvalue weighted by atomic mass is 16.6. The fourth-order valence-corrected chi connectivity index (χ4v) is 2.95. The van der Waals surface area contributed by atoms with Crippen LogP contribution in [0.5, 0.6) is 0 Å². The number of fused-ring (bicyclic) bond motifs is 1. The van der Waals surface area contributed by atoms with Gasteiger partial charge in [0, 0.05) is 6.07 Å². The summed E-state index contributed by atoms with van der Waals surface area (Å²) >= 11 is 0. The Hall–Kier alpha value is -4.33. The molecule has 0 atom stereocenters. The van der Waals surface area contributed by atoms with Crippen LogP contribution in [0.25, 0.3) is 16.6 Å². The maximum Gasteiger partial charge on any atom is 0.278 e. The van der Waals surface area contributed by atoms with E-state index in [-0.39, 0.29) is 17.2 Å². The first-order valence-corrected chi connectivity index (χ1v) is 8.75. The molecule has 0 saturated heterocycles. The predicted molar refractivity (Wildman–Crippen MR) is 112 cm³/mol. The van der Waals surface area contributed by atoms with Crippen LogP contribution in [0.1, 0.15) is 5.56 Å². The third-order valence-electron chi connectivity index (χ3n) is 4.29. The quantitative estimate of drug-likeness (QED) is 0.320. The summed E-state index contributed by atoms with van der Waals surface area (Å²) in [4.78, 5) is 28.2. The fraction of sp³-hybridized carbons (Fsp3) is 0. The predicted octanol–water partition coefficient (Wildman–Crippen LogP) is 3.74. The molecule has 0 aliphatic rings. The van der Waals surface area contributed by atoms with Gasteiger partial charge in [-0.1, -0.05) is 42.5 Å². The molecular weight excluding hydrogens is 370 g/mol. The molecule has 0 radical (unpaired) electrons. The largest absolute Gasteiger partial charge is 0.278 e. The molecule has 0 aliphatic heterocycles. The summed E-state index contributed by atoms with van der Waals surface area (Å²) in [5.74, 6) is 0.203. The molecule has 0 aliphatic carbocycles. The number of nitrogens with one attached hydrogen (secondary N) is 1. The highest BCUT2D eigenvalue weighted by Gasteiger charge is 2.13. The van der Waals surface area contributed by atoms with Gasteiger partial charge in [0.1, 0.15) is 0 Å². The van der Waals surface area contributed by atoms with Crippen LogP contribution in [0, 0.1) is 10.1 Å². The van der Waals surface area contributed by atoms with Gasteiger partial charge in [0.2, 0.25) is 5.95 Å². The standard InChI is InChI=1S/C21H15N5O3/c27-20-17-11-5-6-12-18(17)23-21(25(20)16-9-2-1-3-10-16)24-22-14-15-8-4-7-13-19(15)26(28)29/h1-14H,(H,23,24)/b22-14-. The van der Waals surface area contributed by atoms with Crippen molar-refractivity contribution in [3.05, 3.63) is 105 Å². The van der Waals surface area contributed by atoms with E-state index in [1.54, 1.807) is 54.6 Å². The second kappa shape index (κ2) is 7.73. The summed E-state index contributed by atoms with van der Waals surface area (Å²) < 4.78 is 1.42. The molecule has 1 N–H and O–H groups in total. The third kappa shape index (κ3) is 3.59. The first-order valence-electron chi connectivity index (χ1n) is 8.75. The van der Waals surface area contributed by atoms with Crippen LogP contribution >= 0.6 is 0 Å². The van der Waals surface area contributed by atoms with Crippen LogP contribution in [0.3, 0.4) is 0 Å². The lowest BCUT2D eigenvalue weighted by Gasteiger charge is -2.12.